The molecule has 0 saturated carbocycles. The lowest BCUT2D eigenvalue weighted by molar-refractivity contribution is -0.139. The molecule has 120 valence electrons. The van der Waals surface area contributed by atoms with Crippen LogP contribution in [-0.2, 0) is 9.59 Å². The highest BCUT2D eigenvalue weighted by atomic mass is 16.2. The third-order valence-electron chi connectivity index (χ3n) is 5.89. The second kappa shape index (κ2) is 4.77. The molecule has 4 nitrogen and oxygen atoms in total. The third kappa shape index (κ3) is 1.52. The Bertz CT molecular complexity index is 760. The van der Waals surface area contributed by atoms with E-state index in [0.717, 1.165) is 0 Å². The number of carbonyl (C=O) groups excluding carboxylic acids is 2. The summed E-state index contributed by atoms with van der Waals surface area (Å²) in [5, 5.41) is 0. The van der Waals surface area contributed by atoms with Gasteiger partial charge in [0.15, 0.2) is 0 Å². The van der Waals surface area contributed by atoms with E-state index in [1.165, 1.54) is 27.2 Å². The second-order valence-electron chi connectivity index (χ2n) is 6.88. The zero-order valence-corrected chi connectivity index (χ0v) is 13.2. The molecule has 1 heterocycles. The van der Waals surface area contributed by atoms with E-state index in [1.807, 2.05) is 24.3 Å². The summed E-state index contributed by atoms with van der Waals surface area (Å²) >= 11 is 0. The van der Waals surface area contributed by atoms with Crippen LogP contribution in [0.15, 0.2) is 48.5 Å². The number of amides is 2. The number of nitrogens with zero attached hydrogens (tertiary/aromatic N) is 1. The molecule has 6 rings (SSSR count). The number of imide groups is 1. The van der Waals surface area contributed by atoms with Crippen molar-refractivity contribution in [2.75, 3.05) is 13.1 Å². The molecule has 1 saturated heterocycles. The van der Waals surface area contributed by atoms with Crippen LogP contribution in [0.4, 0.5) is 0 Å². The zero-order valence-electron chi connectivity index (χ0n) is 13.2. The van der Waals surface area contributed by atoms with E-state index in [0.29, 0.717) is 13.1 Å². The molecule has 2 aromatic rings. The smallest absolute Gasteiger partial charge is 0.234 e. The third-order valence-corrected chi connectivity index (χ3v) is 5.89. The first-order chi connectivity index (χ1) is 11.7. The van der Waals surface area contributed by atoms with Gasteiger partial charge in [-0.25, -0.2) is 0 Å². The molecule has 0 unspecified atom stereocenters. The summed E-state index contributed by atoms with van der Waals surface area (Å²) in [6.07, 6.45) is 0. The van der Waals surface area contributed by atoms with E-state index in [1.54, 1.807) is 0 Å². The maximum Gasteiger partial charge on any atom is 0.234 e. The molecule has 2 N–H and O–H groups in total. The van der Waals surface area contributed by atoms with E-state index < -0.39 is 0 Å². The quantitative estimate of drug-likeness (QED) is 0.859. The lowest BCUT2D eigenvalue weighted by Crippen LogP contribution is -2.41. The summed E-state index contributed by atoms with van der Waals surface area (Å²) in [6.45, 7) is 0.628. The van der Waals surface area contributed by atoms with Crippen molar-refractivity contribution in [2.24, 2.45) is 17.6 Å². The minimum Gasteiger partial charge on any atom is -0.329 e. The largest absolute Gasteiger partial charge is 0.329 e. The fraction of sp³-hybridized carbons (Fsp3) is 0.300. The molecular weight excluding hydrogens is 300 g/mol. The first-order valence-corrected chi connectivity index (χ1v) is 8.47. The molecular formula is C20H18N2O2. The summed E-state index contributed by atoms with van der Waals surface area (Å²) in [5.41, 5.74) is 10.5. The fourth-order valence-corrected chi connectivity index (χ4v) is 5.09. The molecule has 1 fully saturated rings. The maximum absolute atomic E-state index is 13.0. The monoisotopic (exact) mass is 318 g/mol. The van der Waals surface area contributed by atoms with Crippen molar-refractivity contribution < 1.29 is 9.59 Å². The molecule has 24 heavy (non-hydrogen) atoms. The first kappa shape index (κ1) is 13.9. The van der Waals surface area contributed by atoms with E-state index in [4.69, 9.17) is 5.73 Å². The standard InChI is InChI=1S/C20H18N2O2/c21-9-10-22-19(23)17-15-11-5-1-2-6-12(11)16(18(17)20(22)24)14-8-4-3-7-13(14)15/h1-8,15-18H,9-10,21H2/t15?,16?,17-,18-/m0/s1. The fourth-order valence-electron chi connectivity index (χ4n) is 5.09. The summed E-state index contributed by atoms with van der Waals surface area (Å²) in [6, 6.07) is 16.5. The van der Waals surface area contributed by atoms with Gasteiger partial charge in [0, 0.05) is 24.9 Å². The van der Waals surface area contributed by atoms with Crippen LogP contribution in [0.3, 0.4) is 0 Å². The van der Waals surface area contributed by atoms with E-state index in [-0.39, 0.29) is 35.5 Å². The van der Waals surface area contributed by atoms with Crippen molar-refractivity contribution in [3.05, 3.63) is 70.8 Å². The van der Waals surface area contributed by atoms with Gasteiger partial charge in [0.25, 0.3) is 0 Å². The van der Waals surface area contributed by atoms with Crippen molar-refractivity contribution in [1.29, 1.82) is 0 Å². The molecule has 0 spiro atoms. The second-order valence-corrected chi connectivity index (χ2v) is 6.88. The Hall–Kier alpha value is -2.46. The number of likely N-dealkylation sites (tertiary alicyclic amines) is 1. The minimum absolute atomic E-state index is 0.0216. The Balaban J connectivity index is 1.77. The van der Waals surface area contributed by atoms with Crippen molar-refractivity contribution in [3.63, 3.8) is 0 Å². The summed E-state index contributed by atoms with van der Waals surface area (Å²) < 4.78 is 0. The molecule has 2 aromatic carbocycles. The van der Waals surface area contributed by atoms with Gasteiger partial charge < -0.3 is 5.73 Å². The molecule has 2 bridgehead atoms. The van der Waals surface area contributed by atoms with Crippen LogP contribution in [0.5, 0.6) is 0 Å². The van der Waals surface area contributed by atoms with Gasteiger partial charge in [-0.3, -0.25) is 14.5 Å². The number of benzene rings is 2. The van der Waals surface area contributed by atoms with Crippen molar-refractivity contribution in [3.8, 4) is 0 Å². The number of nitrogens with two attached hydrogens (primary N) is 1. The Morgan fingerprint density at radius 3 is 1.46 bits per heavy atom. The average Bonchev–Trinajstić information content (AvgIpc) is 2.88. The predicted molar refractivity (Wildman–Crippen MR) is 89.3 cm³/mol. The van der Waals surface area contributed by atoms with Crippen LogP contribution in [0.2, 0.25) is 0 Å². The molecule has 2 atom stereocenters. The molecule has 2 amide bonds. The molecule has 4 aliphatic rings. The van der Waals surface area contributed by atoms with Crippen LogP contribution >= 0.6 is 0 Å². The summed E-state index contributed by atoms with van der Waals surface area (Å²) in [4.78, 5) is 27.4. The Labute approximate surface area is 140 Å². The van der Waals surface area contributed by atoms with Crippen molar-refractivity contribution in [2.45, 2.75) is 11.8 Å². The number of rotatable bonds is 2. The predicted octanol–water partition coefficient (Wildman–Crippen LogP) is 1.84. The van der Waals surface area contributed by atoms with Gasteiger partial charge in [0.05, 0.1) is 11.8 Å². The number of carbonyl (C=O) groups is 2. The Kier molecular flexibility index (Phi) is 2.77. The van der Waals surface area contributed by atoms with Gasteiger partial charge in [-0.2, -0.15) is 0 Å². The van der Waals surface area contributed by atoms with Crippen LogP contribution in [0.25, 0.3) is 0 Å². The molecule has 0 radical (unpaired) electrons. The first-order valence-electron chi connectivity index (χ1n) is 8.47. The van der Waals surface area contributed by atoms with E-state index in [2.05, 4.69) is 24.3 Å². The maximum atomic E-state index is 13.0. The normalized spacial score (nSPS) is 29.5. The number of hydrogen-bond acceptors (Lipinski definition) is 3. The van der Waals surface area contributed by atoms with Gasteiger partial charge in [-0.05, 0) is 22.3 Å². The van der Waals surface area contributed by atoms with Crippen LogP contribution in [-0.4, -0.2) is 29.8 Å². The zero-order chi connectivity index (χ0) is 16.4. The number of hydrogen-bond donors (Lipinski definition) is 1. The van der Waals surface area contributed by atoms with Gasteiger partial charge in [-0.1, -0.05) is 48.5 Å². The van der Waals surface area contributed by atoms with Gasteiger partial charge in [-0.15, -0.1) is 0 Å². The Morgan fingerprint density at radius 1 is 0.750 bits per heavy atom. The molecule has 3 aliphatic carbocycles. The van der Waals surface area contributed by atoms with Gasteiger partial charge >= 0.3 is 0 Å². The SMILES string of the molecule is NCCN1C(=O)[C@H]2C3c4ccccc4C(c4ccccc43)[C@@H]2C1=O. The van der Waals surface area contributed by atoms with Crippen LogP contribution in [0.1, 0.15) is 34.1 Å². The van der Waals surface area contributed by atoms with Crippen molar-refractivity contribution >= 4 is 11.8 Å². The highest BCUT2D eigenvalue weighted by Crippen LogP contribution is 2.60. The van der Waals surface area contributed by atoms with Crippen LogP contribution in [0, 0.1) is 11.8 Å². The lowest BCUT2D eigenvalue weighted by atomic mass is 9.55. The van der Waals surface area contributed by atoms with E-state index >= 15 is 0 Å². The van der Waals surface area contributed by atoms with E-state index in [9.17, 15) is 9.59 Å². The molecule has 1 aliphatic heterocycles. The summed E-state index contributed by atoms with van der Waals surface area (Å²) in [5.74, 6) is -0.695. The van der Waals surface area contributed by atoms with Gasteiger partial charge in [0.1, 0.15) is 0 Å². The average molecular weight is 318 g/mol. The topological polar surface area (TPSA) is 63.4 Å². The van der Waals surface area contributed by atoms with Crippen molar-refractivity contribution in [1.82, 2.24) is 4.90 Å². The molecule has 0 aromatic heterocycles. The lowest BCUT2D eigenvalue weighted by Gasteiger charge is -2.45. The van der Waals surface area contributed by atoms with Gasteiger partial charge in [0.2, 0.25) is 11.8 Å². The highest BCUT2D eigenvalue weighted by molar-refractivity contribution is 6.07. The highest BCUT2D eigenvalue weighted by Gasteiger charge is 2.61. The Morgan fingerprint density at radius 2 is 1.12 bits per heavy atom. The minimum atomic E-state index is -0.279. The molecule has 4 heteroatoms. The van der Waals surface area contributed by atoms with Crippen LogP contribution < -0.4 is 5.73 Å². The summed E-state index contributed by atoms with van der Waals surface area (Å²) in [7, 11) is 0.